The number of carbonyl (C=O) groups is 1. The van der Waals surface area contributed by atoms with Crippen molar-refractivity contribution in [1.82, 2.24) is 25.1 Å². The van der Waals surface area contributed by atoms with Crippen molar-refractivity contribution in [3.63, 3.8) is 0 Å². The van der Waals surface area contributed by atoms with Crippen molar-refractivity contribution in [2.75, 3.05) is 63.8 Å². The summed E-state index contributed by atoms with van der Waals surface area (Å²) in [6, 6.07) is 7.79. The smallest absolute Gasteiger partial charge is 0.231 e. The number of amides is 1. The van der Waals surface area contributed by atoms with Crippen LogP contribution < -0.4 is 10.2 Å². The van der Waals surface area contributed by atoms with Crippen LogP contribution >= 0.6 is 11.6 Å². The summed E-state index contributed by atoms with van der Waals surface area (Å²) in [5.41, 5.74) is 2.84. The number of likely N-dealkylation sites (tertiary alicyclic amines) is 1. The summed E-state index contributed by atoms with van der Waals surface area (Å²) in [4.78, 5) is 29.7. The Balaban J connectivity index is 1.09. The monoisotopic (exact) mass is 582 g/mol. The number of aromatic nitrogens is 2. The third-order valence-corrected chi connectivity index (χ3v) is 9.64. The van der Waals surface area contributed by atoms with Gasteiger partial charge in [-0.2, -0.15) is 0 Å². The van der Waals surface area contributed by atoms with E-state index in [2.05, 4.69) is 32.0 Å². The van der Waals surface area contributed by atoms with E-state index in [1.807, 2.05) is 29.2 Å². The van der Waals surface area contributed by atoms with Crippen molar-refractivity contribution < 1.29 is 14.6 Å². The summed E-state index contributed by atoms with van der Waals surface area (Å²) < 4.78 is 6.43. The van der Waals surface area contributed by atoms with E-state index >= 15 is 0 Å². The second-order valence-electron chi connectivity index (χ2n) is 12.2. The number of hydrogen-bond acceptors (Lipinski definition) is 8. The molecule has 1 aromatic heterocycles. The lowest BCUT2D eigenvalue weighted by Gasteiger charge is -2.40. The molecule has 222 valence electrons. The van der Waals surface area contributed by atoms with Crippen LogP contribution in [0.15, 0.2) is 30.6 Å². The number of piperazine rings is 1. The lowest BCUT2D eigenvalue weighted by atomic mass is 9.95. The molecule has 4 aliphatic rings. The molecule has 0 saturated carbocycles. The average Bonchev–Trinajstić information content (AvgIpc) is 3.30. The maximum absolute atomic E-state index is 14.1. The number of ether oxygens (including phenoxy) is 1. The summed E-state index contributed by atoms with van der Waals surface area (Å²) in [5.74, 6) is 1.07. The maximum Gasteiger partial charge on any atom is 0.231 e. The third kappa shape index (κ3) is 6.54. The second-order valence-corrected chi connectivity index (χ2v) is 12.6. The first-order chi connectivity index (χ1) is 20.0. The van der Waals surface area contributed by atoms with Crippen molar-refractivity contribution in [2.45, 2.75) is 69.2 Å². The molecule has 2 aromatic rings. The van der Waals surface area contributed by atoms with E-state index in [1.54, 1.807) is 6.33 Å². The van der Waals surface area contributed by atoms with Gasteiger partial charge in [-0.3, -0.25) is 4.79 Å². The second kappa shape index (κ2) is 12.9. The zero-order chi connectivity index (χ0) is 28.3. The number of aliphatic hydroxyl groups excluding tert-OH is 1. The van der Waals surface area contributed by atoms with Crippen LogP contribution in [-0.2, 0) is 9.53 Å². The zero-order valence-electron chi connectivity index (χ0n) is 24.1. The molecule has 0 bridgehead atoms. The predicted molar refractivity (Wildman–Crippen MR) is 159 cm³/mol. The molecule has 0 radical (unpaired) electrons. The van der Waals surface area contributed by atoms with Gasteiger partial charge in [0.2, 0.25) is 5.91 Å². The number of benzene rings is 1. The molecule has 0 unspecified atom stereocenters. The molecule has 3 aliphatic heterocycles. The van der Waals surface area contributed by atoms with Crippen molar-refractivity contribution in [1.29, 1.82) is 0 Å². The van der Waals surface area contributed by atoms with Crippen molar-refractivity contribution in [3.05, 3.63) is 52.4 Å². The van der Waals surface area contributed by atoms with Gasteiger partial charge in [-0.05, 0) is 68.8 Å². The topological polar surface area (TPSA) is 94.1 Å². The van der Waals surface area contributed by atoms with E-state index in [0.29, 0.717) is 56.4 Å². The molecule has 3 saturated heterocycles. The molecule has 1 aliphatic carbocycles. The van der Waals surface area contributed by atoms with E-state index < -0.39 is 6.10 Å². The number of fused-ring (bicyclic) bond motifs is 1. The van der Waals surface area contributed by atoms with Crippen LogP contribution in [0.5, 0.6) is 0 Å². The number of halogens is 1. The summed E-state index contributed by atoms with van der Waals surface area (Å²) in [5, 5.41) is 14.5. The lowest BCUT2D eigenvalue weighted by Crippen LogP contribution is -2.52. The molecular formula is C31H43ClN6O3. The Morgan fingerprint density at radius 1 is 1.02 bits per heavy atom. The molecule has 6 rings (SSSR count). The number of aliphatic hydroxyl groups is 1. The van der Waals surface area contributed by atoms with E-state index in [-0.39, 0.29) is 17.7 Å². The van der Waals surface area contributed by atoms with Crippen molar-refractivity contribution in [2.24, 2.45) is 0 Å². The molecule has 4 heterocycles. The number of hydrogen-bond donors (Lipinski definition) is 2. The number of anilines is 1. The highest BCUT2D eigenvalue weighted by Crippen LogP contribution is 2.42. The molecule has 1 amide bonds. The van der Waals surface area contributed by atoms with Gasteiger partial charge in [0.1, 0.15) is 12.1 Å². The fraction of sp³-hybridized carbons (Fsp3) is 0.645. The number of nitrogens with one attached hydrogen (secondary N) is 1. The Morgan fingerprint density at radius 2 is 1.71 bits per heavy atom. The maximum atomic E-state index is 14.1. The van der Waals surface area contributed by atoms with Gasteiger partial charge < -0.3 is 29.9 Å². The minimum absolute atomic E-state index is 0.178. The van der Waals surface area contributed by atoms with E-state index in [9.17, 15) is 9.90 Å². The zero-order valence-corrected chi connectivity index (χ0v) is 24.8. The van der Waals surface area contributed by atoms with E-state index in [1.165, 1.54) is 0 Å². The molecular weight excluding hydrogens is 540 g/mol. The van der Waals surface area contributed by atoms with Gasteiger partial charge in [0.05, 0.1) is 29.9 Å². The quantitative estimate of drug-likeness (QED) is 0.513. The first-order valence-electron chi connectivity index (χ1n) is 15.4. The minimum Gasteiger partial charge on any atom is -0.387 e. The predicted octanol–water partition coefficient (Wildman–Crippen LogP) is 3.34. The molecule has 41 heavy (non-hydrogen) atoms. The number of nitrogens with zero attached hydrogens (tertiary/aromatic N) is 5. The number of piperidine rings is 2. The van der Waals surface area contributed by atoms with Gasteiger partial charge >= 0.3 is 0 Å². The normalized spacial score (nSPS) is 25.3. The van der Waals surface area contributed by atoms with E-state index in [4.69, 9.17) is 16.3 Å². The molecule has 3 fully saturated rings. The Bertz CT molecular complexity index is 1180. The van der Waals surface area contributed by atoms with Crippen LogP contribution in [0.2, 0.25) is 5.02 Å². The average molecular weight is 583 g/mol. The Labute approximate surface area is 248 Å². The Morgan fingerprint density at radius 3 is 2.41 bits per heavy atom. The Hall–Kier alpha value is -2.30. The SMILES string of the molecule is C[C@@H]1C[C@@H](O)c2ncnc(N3CCN(C(=O)[C@H](CN4CCC(OC5CCNCC5)CC4)c4ccc(Cl)cc4)CC3)c21. The van der Waals surface area contributed by atoms with Gasteiger partial charge in [0, 0.05) is 56.4 Å². The molecule has 1 aromatic carbocycles. The van der Waals surface area contributed by atoms with Gasteiger partial charge in [-0.15, -0.1) is 0 Å². The van der Waals surface area contributed by atoms with Gasteiger partial charge in [-0.1, -0.05) is 30.7 Å². The Kier molecular flexibility index (Phi) is 9.07. The van der Waals surface area contributed by atoms with Crippen LogP contribution in [0, 0.1) is 0 Å². The highest BCUT2D eigenvalue weighted by molar-refractivity contribution is 6.30. The highest BCUT2D eigenvalue weighted by atomic mass is 35.5. The molecule has 3 atom stereocenters. The van der Waals surface area contributed by atoms with Crippen LogP contribution in [0.1, 0.15) is 73.8 Å². The summed E-state index contributed by atoms with van der Waals surface area (Å²) >= 11 is 6.21. The third-order valence-electron chi connectivity index (χ3n) is 9.39. The summed E-state index contributed by atoms with van der Waals surface area (Å²) in [7, 11) is 0. The summed E-state index contributed by atoms with van der Waals surface area (Å²) in [6.45, 7) is 9.53. The fourth-order valence-corrected chi connectivity index (χ4v) is 7.15. The largest absolute Gasteiger partial charge is 0.387 e. The molecule has 2 N–H and O–H groups in total. The van der Waals surface area contributed by atoms with Crippen LogP contribution in [0.4, 0.5) is 5.82 Å². The minimum atomic E-state index is -0.522. The molecule has 10 heteroatoms. The molecule has 0 spiro atoms. The number of rotatable bonds is 7. The van der Waals surface area contributed by atoms with Gasteiger partial charge in [-0.25, -0.2) is 9.97 Å². The summed E-state index contributed by atoms with van der Waals surface area (Å²) in [6.07, 6.45) is 6.65. The lowest BCUT2D eigenvalue weighted by molar-refractivity contribution is -0.133. The fourth-order valence-electron chi connectivity index (χ4n) is 7.02. The van der Waals surface area contributed by atoms with Crippen LogP contribution in [-0.4, -0.2) is 102 Å². The van der Waals surface area contributed by atoms with Crippen LogP contribution in [0.3, 0.4) is 0 Å². The first kappa shape index (κ1) is 28.8. The molecule has 9 nitrogen and oxygen atoms in total. The standard InChI is InChI=1S/C31H43ClN6O3/c1-21-18-27(39)29-28(21)30(35-20-34-29)37-14-16-38(17-15-37)31(40)26(22-2-4-23(32)5-3-22)19-36-12-8-25(9-13-36)41-24-6-10-33-11-7-24/h2-5,20-21,24-27,33,39H,6-19H2,1H3/t21-,26-,27-/m1/s1. The number of carbonyl (C=O) groups excluding carboxylic acids is 1. The van der Waals surface area contributed by atoms with Gasteiger partial charge in [0.15, 0.2) is 0 Å². The van der Waals surface area contributed by atoms with Crippen molar-refractivity contribution in [3.8, 4) is 0 Å². The van der Waals surface area contributed by atoms with Crippen LogP contribution in [0.25, 0.3) is 0 Å². The van der Waals surface area contributed by atoms with E-state index in [0.717, 1.165) is 74.5 Å². The highest BCUT2D eigenvalue weighted by Gasteiger charge is 2.36. The first-order valence-corrected chi connectivity index (χ1v) is 15.7. The van der Waals surface area contributed by atoms with Crippen molar-refractivity contribution >= 4 is 23.3 Å². The van der Waals surface area contributed by atoms with Gasteiger partial charge in [0.25, 0.3) is 0 Å².